The maximum atomic E-state index is 7.11. The van der Waals surface area contributed by atoms with Crippen molar-refractivity contribution >= 4 is 22.6 Å². The molecule has 0 saturated carbocycles. The summed E-state index contributed by atoms with van der Waals surface area (Å²) in [4.78, 5) is 0. The van der Waals surface area contributed by atoms with Crippen LogP contribution in [0, 0.1) is 5.92 Å². The van der Waals surface area contributed by atoms with Crippen molar-refractivity contribution < 1.29 is 4.74 Å². The van der Waals surface area contributed by atoms with Gasteiger partial charge in [-0.2, -0.15) is 0 Å². The molecule has 0 aliphatic carbocycles. The van der Waals surface area contributed by atoms with Gasteiger partial charge >= 0.3 is 0 Å². The van der Waals surface area contributed by atoms with Crippen molar-refractivity contribution in [1.29, 1.82) is 0 Å². The lowest BCUT2D eigenvalue weighted by atomic mass is 9.79. The Bertz CT molecular complexity index is 760. The fourth-order valence-electron chi connectivity index (χ4n) is 3.59. The molecule has 0 amide bonds. The highest BCUT2D eigenvalue weighted by Crippen LogP contribution is 2.42. The first-order valence-electron chi connectivity index (χ1n) is 9.78. The molecule has 0 N–H and O–H groups in total. The van der Waals surface area contributed by atoms with E-state index in [0.29, 0.717) is 5.92 Å². The molecule has 0 heterocycles. The SMILES string of the molecule is CC(C)C(CC=CI)OC(c1ccccc1)(c1ccccc1)c1ccccc1. The van der Waals surface area contributed by atoms with Crippen LogP contribution in [0.5, 0.6) is 0 Å². The molecule has 0 aliphatic rings. The Kier molecular flexibility index (Phi) is 7.46. The van der Waals surface area contributed by atoms with E-state index in [-0.39, 0.29) is 6.10 Å². The van der Waals surface area contributed by atoms with Gasteiger partial charge in [-0.05, 0) is 33.1 Å². The summed E-state index contributed by atoms with van der Waals surface area (Å²) in [6.45, 7) is 4.47. The van der Waals surface area contributed by atoms with Crippen molar-refractivity contribution in [3.05, 3.63) is 118 Å². The van der Waals surface area contributed by atoms with E-state index in [2.05, 4.69) is 138 Å². The average molecular weight is 482 g/mol. The molecule has 3 rings (SSSR count). The van der Waals surface area contributed by atoms with E-state index in [9.17, 15) is 0 Å². The van der Waals surface area contributed by atoms with E-state index in [0.717, 1.165) is 23.1 Å². The quantitative estimate of drug-likeness (QED) is 0.241. The minimum absolute atomic E-state index is 0.0895. The summed E-state index contributed by atoms with van der Waals surface area (Å²) in [5, 5.41) is 0. The molecule has 1 nitrogen and oxygen atoms in total. The molecule has 0 aliphatic heterocycles. The van der Waals surface area contributed by atoms with E-state index >= 15 is 0 Å². The van der Waals surface area contributed by atoms with Crippen LogP contribution >= 0.6 is 22.6 Å². The molecule has 1 atom stereocenters. The lowest BCUT2D eigenvalue weighted by Gasteiger charge is -2.40. The molecule has 3 aromatic carbocycles. The third kappa shape index (κ3) is 4.56. The van der Waals surface area contributed by atoms with E-state index < -0.39 is 5.60 Å². The standard InChI is InChI=1S/C26H27IO/c1-21(2)25(19-12-20-27)28-26(22-13-6-3-7-14-22,23-15-8-4-9-16-23)24-17-10-5-11-18-24/h3-18,20-21,25H,19H2,1-2H3. The summed E-state index contributed by atoms with van der Waals surface area (Å²) in [5.41, 5.74) is 2.79. The van der Waals surface area contributed by atoms with E-state index in [4.69, 9.17) is 4.74 Å². The molecular weight excluding hydrogens is 455 g/mol. The summed E-state index contributed by atoms with van der Waals surface area (Å²) >= 11 is 2.28. The zero-order chi connectivity index (χ0) is 19.8. The second-order valence-electron chi connectivity index (χ2n) is 7.28. The number of hydrogen-bond donors (Lipinski definition) is 0. The molecule has 144 valence electrons. The van der Waals surface area contributed by atoms with Gasteiger partial charge < -0.3 is 4.74 Å². The Labute approximate surface area is 182 Å². The zero-order valence-corrected chi connectivity index (χ0v) is 18.6. The Morgan fingerprint density at radius 1 is 0.750 bits per heavy atom. The Hall–Kier alpha value is -1.91. The summed E-state index contributed by atoms with van der Waals surface area (Å²) in [6, 6.07) is 31.8. The van der Waals surface area contributed by atoms with Crippen LogP contribution in [0.2, 0.25) is 0 Å². The second kappa shape index (κ2) is 10.0. The van der Waals surface area contributed by atoms with Gasteiger partial charge in [0.1, 0.15) is 5.60 Å². The van der Waals surface area contributed by atoms with Crippen LogP contribution in [0.25, 0.3) is 0 Å². The fraction of sp³-hybridized carbons (Fsp3) is 0.231. The predicted octanol–water partition coefficient (Wildman–Crippen LogP) is 7.36. The number of ether oxygens (including phenoxy) is 1. The van der Waals surface area contributed by atoms with Gasteiger partial charge in [0.05, 0.1) is 6.10 Å². The van der Waals surface area contributed by atoms with Crippen LogP contribution in [0.1, 0.15) is 37.0 Å². The van der Waals surface area contributed by atoms with E-state index in [1.165, 1.54) is 0 Å². The number of benzene rings is 3. The minimum Gasteiger partial charge on any atom is -0.357 e. The molecule has 28 heavy (non-hydrogen) atoms. The van der Waals surface area contributed by atoms with E-state index in [1.807, 2.05) is 0 Å². The highest BCUT2D eigenvalue weighted by molar-refractivity contribution is 14.1. The minimum atomic E-state index is -0.655. The van der Waals surface area contributed by atoms with Gasteiger partial charge in [0, 0.05) is 0 Å². The molecular formula is C26H27IO. The maximum absolute atomic E-state index is 7.11. The first kappa shape index (κ1) is 20.8. The van der Waals surface area contributed by atoms with Crippen LogP contribution in [-0.4, -0.2) is 6.10 Å². The molecule has 1 unspecified atom stereocenters. The third-order valence-corrected chi connectivity index (χ3v) is 5.58. The largest absolute Gasteiger partial charge is 0.357 e. The first-order valence-corrected chi connectivity index (χ1v) is 11.0. The van der Waals surface area contributed by atoms with Gasteiger partial charge in [0.15, 0.2) is 0 Å². The predicted molar refractivity (Wildman–Crippen MR) is 127 cm³/mol. The molecule has 0 saturated heterocycles. The lowest BCUT2D eigenvalue weighted by Crippen LogP contribution is -2.38. The van der Waals surface area contributed by atoms with Crippen LogP contribution < -0.4 is 0 Å². The number of halogens is 1. The van der Waals surface area contributed by atoms with Crippen molar-refractivity contribution in [2.45, 2.75) is 32.0 Å². The zero-order valence-electron chi connectivity index (χ0n) is 16.5. The highest BCUT2D eigenvalue weighted by Gasteiger charge is 2.40. The van der Waals surface area contributed by atoms with Gasteiger partial charge in [-0.1, -0.05) is 134 Å². The smallest absolute Gasteiger partial charge is 0.144 e. The normalized spacial score (nSPS) is 13.1. The molecule has 0 fully saturated rings. The van der Waals surface area contributed by atoms with Crippen molar-refractivity contribution in [3.8, 4) is 0 Å². The molecule has 2 heteroatoms. The second-order valence-corrected chi connectivity index (χ2v) is 8.00. The lowest BCUT2D eigenvalue weighted by molar-refractivity contribution is -0.0664. The summed E-state index contributed by atoms with van der Waals surface area (Å²) < 4.78 is 9.18. The van der Waals surface area contributed by atoms with Crippen molar-refractivity contribution in [3.63, 3.8) is 0 Å². The van der Waals surface area contributed by atoms with Crippen molar-refractivity contribution in [2.24, 2.45) is 5.92 Å². The summed E-state index contributed by atoms with van der Waals surface area (Å²) in [5.74, 6) is 0.392. The van der Waals surface area contributed by atoms with Gasteiger partial charge in [0.2, 0.25) is 0 Å². The topological polar surface area (TPSA) is 9.23 Å². The Morgan fingerprint density at radius 2 is 1.14 bits per heavy atom. The fourth-order valence-corrected chi connectivity index (χ4v) is 3.89. The van der Waals surface area contributed by atoms with Crippen LogP contribution in [-0.2, 0) is 10.3 Å². The summed E-state index contributed by atoms with van der Waals surface area (Å²) in [6.07, 6.45) is 3.16. The molecule has 3 aromatic rings. The van der Waals surface area contributed by atoms with Gasteiger partial charge in [0.25, 0.3) is 0 Å². The monoisotopic (exact) mass is 482 g/mol. The number of hydrogen-bond acceptors (Lipinski definition) is 1. The molecule has 0 bridgehead atoms. The van der Waals surface area contributed by atoms with Gasteiger partial charge in [-0.25, -0.2) is 0 Å². The van der Waals surface area contributed by atoms with Crippen LogP contribution in [0.15, 0.2) is 101 Å². The Morgan fingerprint density at radius 3 is 1.46 bits per heavy atom. The van der Waals surface area contributed by atoms with Gasteiger partial charge in [-0.3, -0.25) is 0 Å². The van der Waals surface area contributed by atoms with Crippen LogP contribution in [0.4, 0.5) is 0 Å². The number of rotatable bonds is 8. The molecule has 0 spiro atoms. The van der Waals surface area contributed by atoms with E-state index in [1.54, 1.807) is 0 Å². The third-order valence-electron chi connectivity index (χ3n) is 5.07. The molecule has 0 aromatic heterocycles. The first-order chi connectivity index (χ1) is 13.7. The Balaban J connectivity index is 2.24. The highest BCUT2D eigenvalue weighted by atomic mass is 127. The summed E-state index contributed by atoms with van der Waals surface area (Å²) in [7, 11) is 0. The van der Waals surface area contributed by atoms with Crippen LogP contribution in [0.3, 0.4) is 0 Å². The van der Waals surface area contributed by atoms with Gasteiger partial charge in [-0.15, -0.1) is 0 Å². The van der Waals surface area contributed by atoms with Crippen molar-refractivity contribution in [2.75, 3.05) is 0 Å². The van der Waals surface area contributed by atoms with Crippen molar-refractivity contribution in [1.82, 2.24) is 0 Å². The molecule has 0 radical (unpaired) electrons. The maximum Gasteiger partial charge on any atom is 0.144 e. The average Bonchev–Trinajstić information content (AvgIpc) is 2.76.